The molecule has 0 amide bonds. The summed E-state index contributed by atoms with van der Waals surface area (Å²) in [6.45, 7) is 7.57. The van der Waals surface area contributed by atoms with Crippen molar-refractivity contribution in [2.45, 2.75) is 13.8 Å². The molecule has 1 aromatic carbocycles. The topological polar surface area (TPSA) is 0 Å². The van der Waals surface area contributed by atoms with Crippen LogP contribution < -0.4 is 0 Å². The van der Waals surface area contributed by atoms with Gasteiger partial charge in [-0.3, -0.25) is 0 Å². The first-order chi connectivity index (χ1) is 6.81. The van der Waals surface area contributed by atoms with Crippen LogP contribution in [0.4, 0.5) is 0 Å². The zero-order valence-electron chi connectivity index (χ0n) is 8.98. The predicted molar refractivity (Wildman–Crippen MR) is 65.3 cm³/mol. The van der Waals surface area contributed by atoms with E-state index in [-0.39, 0.29) is 0 Å². The summed E-state index contributed by atoms with van der Waals surface area (Å²) in [7, 11) is 0. The Morgan fingerprint density at radius 3 is 2.00 bits per heavy atom. The van der Waals surface area contributed by atoms with E-state index < -0.39 is 0 Å². The van der Waals surface area contributed by atoms with Crippen LogP contribution in [-0.4, -0.2) is 0 Å². The van der Waals surface area contributed by atoms with E-state index in [0.717, 1.165) is 0 Å². The molecule has 0 spiro atoms. The minimum atomic E-state index is 1.32. The molecule has 0 heterocycles. The fraction of sp³-hybridized carbons (Fsp3) is 0.143. The largest absolute Gasteiger partial charge is 0.0991 e. The lowest BCUT2D eigenvalue weighted by Crippen LogP contribution is -1.62. The molecule has 0 aliphatic heterocycles. The number of allylic oxidation sites excluding steroid dienone is 5. The Morgan fingerprint density at radius 2 is 1.64 bits per heavy atom. The van der Waals surface area contributed by atoms with Crippen molar-refractivity contribution in [2.24, 2.45) is 0 Å². The number of rotatable bonds is 2. The summed E-state index contributed by atoms with van der Waals surface area (Å²) in [6.07, 6.45) is 9.51. The van der Waals surface area contributed by atoms with Gasteiger partial charge in [0.25, 0.3) is 0 Å². The molecular formula is C14H18. The Kier molecular flexibility index (Phi) is 8.47. The number of benzene rings is 1. The van der Waals surface area contributed by atoms with Crippen LogP contribution in [0.25, 0.3) is 0 Å². The quantitative estimate of drug-likeness (QED) is 0.604. The minimum absolute atomic E-state index is 1.32. The van der Waals surface area contributed by atoms with Gasteiger partial charge in [0, 0.05) is 0 Å². The maximum Gasteiger partial charge on any atom is -0.0398 e. The second-order valence-corrected chi connectivity index (χ2v) is 2.80. The zero-order chi connectivity index (χ0) is 10.6. The molecule has 0 saturated heterocycles. The minimum Gasteiger partial charge on any atom is -0.0991 e. The third-order valence-electron chi connectivity index (χ3n) is 1.49. The molecule has 0 saturated carbocycles. The lowest BCUT2D eigenvalue weighted by Gasteiger charge is -1.82. The molecule has 1 aromatic rings. The van der Waals surface area contributed by atoms with Crippen molar-refractivity contribution in [1.29, 1.82) is 0 Å². The van der Waals surface area contributed by atoms with Gasteiger partial charge in [0.2, 0.25) is 0 Å². The van der Waals surface area contributed by atoms with Crippen molar-refractivity contribution < 1.29 is 0 Å². The van der Waals surface area contributed by atoms with Crippen LogP contribution in [0.3, 0.4) is 0 Å². The molecule has 1 rings (SSSR count). The van der Waals surface area contributed by atoms with Crippen molar-refractivity contribution in [3.05, 3.63) is 72.9 Å². The molecule has 0 N–H and O–H groups in total. The van der Waals surface area contributed by atoms with Crippen LogP contribution in [-0.2, 0) is 0 Å². The van der Waals surface area contributed by atoms with E-state index in [1.807, 2.05) is 49.4 Å². The molecule has 0 bridgehead atoms. The highest BCUT2D eigenvalue weighted by Gasteiger charge is 1.72. The normalized spacial score (nSPS) is 9.86. The first-order valence-corrected chi connectivity index (χ1v) is 4.73. The van der Waals surface area contributed by atoms with E-state index in [0.29, 0.717) is 0 Å². The Bertz CT molecular complexity index is 278. The molecule has 0 aliphatic rings. The lowest BCUT2D eigenvalue weighted by atomic mass is 10.2. The monoisotopic (exact) mass is 186 g/mol. The molecule has 14 heavy (non-hydrogen) atoms. The van der Waals surface area contributed by atoms with Gasteiger partial charge < -0.3 is 0 Å². The molecule has 0 fully saturated rings. The Balaban J connectivity index is 0.000000241. The highest BCUT2D eigenvalue weighted by atomic mass is 13.8. The van der Waals surface area contributed by atoms with Gasteiger partial charge in [-0.2, -0.15) is 0 Å². The van der Waals surface area contributed by atoms with Crippen LogP contribution in [0.15, 0.2) is 67.3 Å². The molecule has 0 nitrogen and oxygen atoms in total. The van der Waals surface area contributed by atoms with Crippen molar-refractivity contribution in [3.8, 4) is 0 Å². The summed E-state index contributed by atoms with van der Waals surface area (Å²) in [4.78, 5) is 0. The first-order valence-electron chi connectivity index (χ1n) is 4.73. The van der Waals surface area contributed by atoms with Crippen LogP contribution in [0.1, 0.15) is 12.5 Å². The highest BCUT2D eigenvalue weighted by Crippen LogP contribution is 1.92. The Labute approximate surface area is 87.3 Å². The molecule has 0 heteroatoms. The first kappa shape index (κ1) is 12.4. The second kappa shape index (κ2) is 9.53. The third kappa shape index (κ3) is 8.54. The van der Waals surface area contributed by atoms with Gasteiger partial charge in [-0.25, -0.2) is 0 Å². The maximum atomic E-state index is 3.51. The van der Waals surface area contributed by atoms with Crippen LogP contribution >= 0.6 is 0 Å². The van der Waals surface area contributed by atoms with Gasteiger partial charge in [0.15, 0.2) is 0 Å². The number of aryl methyl sites for hydroxylation is 1. The summed E-state index contributed by atoms with van der Waals surface area (Å²) in [5.41, 5.74) is 1.32. The van der Waals surface area contributed by atoms with E-state index in [1.54, 1.807) is 6.08 Å². The van der Waals surface area contributed by atoms with E-state index in [2.05, 4.69) is 25.6 Å². The molecule has 0 unspecified atom stereocenters. The molecular weight excluding hydrogens is 168 g/mol. The van der Waals surface area contributed by atoms with Crippen LogP contribution in [0.2, 0.25) is 0 Å². The van der Waals surface area contributed by atoms with Gasteiger partial charge in [-0.15, -0.1) is 0 Å². The van der Waals surface area contributed by atoms with Gasteiger partial charge in [-0.05, 0) is 13.8 Å². The smallest absolute Gasteiger partial charge is 0.0398 e. The van der Waals surface area contributed by atoms with E-state index in [9.17, 15) is 0 Å². The standard InChI is InChI=1S/C7H8.C7H10/c1-7-5-3-2-4-6-7;1-3-5-7-6-4-2/h2-6H,1H3;3-7H,1H2,2H3/b;6-4-,7-5-. The average Bonchev–Trinajstić information content (AvgIpc) is 2.21. The third-order valence-corrected chi connectivity index (χ3v) is 1.49. The average molecular weight is 186 g/mol. The summed E-state index contributed by atoms with van der Waals surface area (Å²) < 4.78 is 0. The van der Waals surface area contributed by atoms with E-state index >= 15 is 0 Å². The van der Waals surface area contributed by atoms with Crippen molar-refractivity contribution in [3.63, 3.8) is 0 Å². The van der Waals surface area contributed by atoms with E-state index in [1.165, 1.54) is 5.56 Å². The SMILES string of the molecule is C=C/C=C\C=C/C.Cc1ccccc1. The van der Waals surface area contributed by atoms with Crippen molar-refractivity contribution in [2.75, 3.05) is 0 Å². The molecule has 0 radical (unpaired) electrons. The summed E-state index contributed by atoms with van der Waals surface area (Å²) in [5.74, 6) is 0. The van der Waals surface area contributed by atoms with Gasteiger partial charge >= 0.3 is 0 Å². The maximum absolute atomic E-state index is 3.51. The molecule has 0 aliphatic carbocycles. The van der Waals surface area contributed by atoms with Crippen molar-refractivity contribution >= 4 is 0 Å². The van der Waals surface area contributed by atoms with Crippen molar-refractivity contribution in [1.82, 2.24) is 0 Å². The van der Waals surface area contributed by atoms with E-state index in [4.69, 9.17) is 0 Å². The lowest BCUT2D eigenvalue weighted by molar-refractivity contribution is 1.48. The summed E-state index contributed by atoms with van der Waals surface area (Å²) in [5, 5.41) is 0. The second-order valence-electron chi connectivity index (χ2n) is 2.80. The van der Waals surface area contributed by atoms with Gasteiger partial charge in [-0.1, -0.05) is 72.9 Å². The zero-order valence-corrected chi connectivity index (χ0v) is 8.98. The summed E-state index contributed by atoms with van der Waals surface area (Å²) >= 11 is 0. The molecule has 0 atom stereocenters. The van der Waals surface area contributed by atoms with Crippen LogP contribution in [0, 0.1) is 6.92 Å². The number of hydrogen-bond donors (Lipinski definition) is 0. The fourth-order valence-electron chi connectivity index (χ4n) is 0.788. The predicted octanol–water partition coefficient (Wildman–Crippen LogP) is 4.30. The summed E-state index contributed by atoms with van der Waals surface area (Å²) in [6, 6.07) is 10.3. The van der Waals surface area contributed by atoms with Crippen LogP contribution in [0.5, 0.6) is 0 Å². The Hall–Kier alpha value is -1.56. The number of hydrogen-bond acceptors (Lipinski definition) is 0. The molecule has 74 valence electrons. The van der Waals surface area contributed by atoms with Gasteiger partial charge in [0.1, 0.15) is 0 Å². The van der Waals surface area contributed by atoms with Gasteiger partial charge in [0.05, 0.1) is 0 Å². The highest BCUT2D eigenvalue weighted by molar-refractivity contribution is 5.11. The Morgan fingerprint density at radius 1 is 1.00 bits per heavy atom. The molecule has 0 aromatic heterocycles. The fourth-order valence-corrected chi connectivity index (χ4v) is 0.788.